The lowest BCUT2D eigenvalue weighted by Crippen LogP contribution is -2.05. The highest BCUT2D eigenvalue weighted by atomic mass is 35.5. The zero-order valence-corrected chi connectivity index (χ0v) is 16.1. The van der Waals surface area contributed by atoms with E-state index in [1.807, 2.05) is 17.4 Å². The lowest BCUT2D eigenvalue weighted by atomic mass is 9.87. The van der Waals surface area contributed by atoms with Gasteiger partial charge in [-0.1, -0.05) is 60.5 Å². The Morgan fingerprint density at radius 3 is 2.79 bits per heavy atom. The van der Waals surface area contributed by atoms with Crippen LogP contribution < -0.4 is 0 Å². The third-order valence-corrected chi connectivity index (χ3v) is 6.77. The van der Waals surface area contributed by atoms with Crippen molar-refractivity contribution in [3.63, 3.8) is 0 Å². The van der Waals surface area contributed by atoms with E-state index in [0.717, 1.165) is 17.9 Å². The van der Waals surface area contributed by atoms with Crippen LogP contribution in [0.3, 0.4) is 0 Å². The number of fused-ring (bicyclic) bond motifs is 1. The lowest BCUT2D eigenvalue weighted by Gasteiger charge is -2.21. The van der Waals surface area contributed by atoms with E-state index in [0.29, 0.717) is 5.92 Å². The number of benzene rings is 1. The molecule has 0 spiro atoms. The van der Waals surface area contributed by atoms with Gasteiger partial charge in [0.15, 0.2) is 0 Å². The summed E-state index contributed by atoms with van der Waals surface area (Å²) in [5.41, 5.74) is 4.09. The Kier molecular flexibility index (Phi) is 5.63. The van der Waals surface area contributed by atoms with Crippen molar-refractivity contribution in [2.24, 2.45) is 5.92 Å². The van der Waals surface area contributed by atoms with Crippen molar-refractivity contribution in [3.05, 3.63) is 63.5 Å². The second-order valence-electron chi connectivity index (χ2n) is 6.80. The molecule has 126 valence electrons. The van der Waals surface area contributed by atoms with Crippen LogP contribution in [0, 0.1) is 5.92 Å². The molecule has 1 heterocycles. The smallest absolute Gasteiger partial charge is 0.0421 e. The van der Waals surface area contributed by atoms with E-state index in [-0.39, 0.29) is 0 Å². The van der Waals surface area contributed by atoms with Gasteiger partial charge in [0.05, 0.1) is 0 Å². The molecule has 1 aromatic heterocycles. The van der Waals surface area contributed by atoms with Crippen molar-refractivity contribution in [1.29, 1.82) is 0 Å². The van der Waals surface area contributed by atoms with Crippen LogP contribution in [0.15, 0.2) is 53.1 Å². The molecule has 0 aliphatic heterocycles. The maximum Gasteiger partial charge on any atom is 0.0421 e. The molecule has 1 atom stereocenters. The van der Waals surface area contributed by atoms with Gasteiger partial charge in [-0.15, -0.1) is 11.3 Å². The molecule has 0 amide bonds. The van der Waals surface area contributed by atoms with Gasteiger partial charge in [-0.25, -0.2) is 0 Å². The third kappa shape index (κ3) is 3.68. The molecule has 2 aromatic rings. The number of allylic oxidation sites excluding steroid dienone is 4. The van der Waals surface area contributed by atoms with Gasteiger partial charge >= 0.3 is 0 Å². The van der Waals surface area contributed by atoms with Crippen LogP contribution in [0.5, 0.6) is 0 Å². The number of halogens is 1. The largest absolute Gasteiger partial charge is 0.136 e. The molecule has 0 saturated carbocycles. The summed E-state index contributed by atoms with van der Waals surface area (Å²) in [6.45, 7) is 8.29. The quantitative estimate of drug-likeness (QED) is 0.464. The predicted octanol–water partition coefficient (Wildman–Crippen LogP) is 7.74. The predicted molar refractivity (Wildman–Crippen MR) is 110 cm³/mol. The fourth-order valence-electron chi connectivity index (χ4n) is 3.74. The van der Waals surface area contributed by atoms with Crippen LogP contribution in [0.25, 0.3) is 16.2 Å². The first-order valence-electron chi connectivity index (χ1n) is 8.77. The summed E-state index contributed by atoms with van der Waals surface area (Å²) in [5.74, 6) is 0.658. The topological polar surface area (TPSA) is 0 Å². The Morgan fingerprint density at radius 1 is 1.25 bits per heavy atom. The SMILES string of the molecule is C=Cc1sc2ccccc2c1CCCCC1C=C(C)C(Cl)=C(C)C1. The molecule has 0 N–H and O–H groups in total. The number of aryl methyl sites for hydroxylation is 1. The normalized spacial score (nSPS) is 18.1. The minimum atomic E-state index is 0.658. The van der Waals surface area contributed by atoms with Gasteiger partial charge in [0.2, 0.25) is 0 Å². The van der Waals surface area contributed by atoms with Crippen molar-refractivity contribution in [2.75, 3.05) is 0 Å². The third-order valence-electron chi connectivity index (χ3n) is 4.94. The van der Waals surface area contributed by atoms with Crippen molar-refractivity contribution in [2.45, 2.75) is 46.0 Å². The van der Waals surface area contributed by atoms with Gasteiger partial charge < -0.3 is 0 Å². The van der Waals surface area contributed by atoms with Gasteiger partial charge in [0.25, 0.3) is 0 Å². The summed E-state index contributed by atoms with van der Waals surface area (Å²) in [6, 6.07) is 8.72. The number of rotatable bonds is 6. The van der Waals surface area contributed by atoms with Crippen molar-refractivity contribution in [3.8, 4) is 0 Å². The number of hydrogen-bond acceptors (Lipinski definition) is 1. The average Bonchev–Trinajstić information content (AvgIpc) is 2.94. The van der Waals surface area contributed by atoms with Gasteiger partial charge in [0.1, 0.15) is 0 Å². The van der Waals surface area contributed by atoms with Gasteiger partial charge in [-0.3, -0.25) is 0 Å². The first kappa shape index (κ1) is 17.5. The number of thiophene rings is 1. The van der Waals surface area contributed by atoms with Gasteiger partial charge in [-0.05, 0) is 68.0 Å². The summed E-state index contributed by atoms with van der Waals surface area (Å²) in [4.78, 5) is 1.34. The molecular weight excluding hydrogens is 332 g/mol. The molecule has 0 bridgehead atoms. The molecule has 0 fully saturated rings. The Labute approximate surface area is 154 Å². The molecule has 0 radical (unpaired) electrons. The van der Waals surface area contributed by atoms with E-state index in [9.17, 15) is 0 Å². The van der Waals surface area contributed by atoms with Crippen LogP contribution in [-0.4, -0.2) is 0 Å². The molecule has 0 saturated heterocycles. The lowest BCUT2D eigenvalue weighted by molar-refractivity contribution is 0.532. The molecule has 0 nitrogen and oxygen atoms in total. The van der Waals surface area contributed by atoms with E-state index in [4.69, 9.17) is 11.6 Å². The minimum Gasteiger partial charge on any atom is -0.136 e. The standard InChI is InChI=1S/C22H25ClS/c1-4-20-18(19-11-7-8-12-21(19)24-20)10-6-5-9-17-13-15(2)22(23)16(3)14-17/h4,7-8,11-13,17H,1,5-6,9-10,14H2,2-3H3. The van der Waals surface area contributed by atoms with E-state index in [1.165, 1.54) is 50.9 Å². The fraction of sp³-hybridized carbons (Fsp3) is 0.364. The fourth-order valence-corrected chi connectivity index (χ4v) is 4.98. The summed E-state index contributed by atoms with van der Waals surface area (Å²) in [5, 5.41) is 2.39. The molecule has 1 aromatic carbocycles. The first-order valence-corrected chi connectivity index (χ1v) is 9.96. The van der Waals surface area contributed by atoms with E-state index in [1.54, 1.807) is 0 Å². The summed E-state index contributed by atoms with van der Waals surface area (Å²) in [6.07, 6.45) is 10.4. The maximum atomic E-state index is 6.30. The molecule has 3 rings (SSSR count). The summed E-state index contributed by atoms with van der Waals surface area (Å²) < 4.78 is 1.38. The highest BCUT2D eigenvalue weighted by Crippen LogP contribution is 2.35. The molecule has 1 aliphatic carbocycles. The van der Waals surface area contributed by atoms with Crippen LogP contribution in [0.4, 0.5) is 0 Å². The molecule has 1 aliphatic rings. The average molecular weight is 357 g/mol. The second kappa shape index (κ2) is 7.72. The van der Waals surface area contributed by atoms with Crippen molar-refractivity contribution < 1.29 is 0 Å². The zero-order chi connectivity index (χ0) is 17.1. The van der Waals surface area contributed by atoms with E-state index < -0.39 is 0 Å². The van der Waals surface area contributed by atoms with Crippen LogP contribution in [-0.2, 0) is 6.42 Å². The zero-order valence-electron chi connectivity index (χ0n) is 14.6. The summed E-state index contributed by atoms with van der Waals surface area (Å²) >= 11 is 8.17. The maximum absolute atomic E-state index is 6.30. The molecule has 1 unspecified atom stereocenters. The highest BCUT2D eigenvalue weighted by Gasteiger charge is 2.16. The Morgan fingerprint density at radius 2 is 2.04 bits per heavy atom. The minimum absolute atomic E-state index is 0.658. The van der Waals surface area contributed by atoms with Crippen LogP contribution >= 0.6 is 22.9 Å². The Balaban J connectivity index is 1.59. The van der Waals surface area contributed by atoms with Crippen LogP contribution in [0.1, 0.15) is 50.0 Å². The monoisotopic (exact) mass is 356 g/mol. The van der Waals surface area contributed by atoms with Gasteiger partial charge in [-0.2, -0.15) is 0 Å². The first-order chi connectivity index (χ1) is 11.6. The second-order valence-corrected chi connectivity index (χ2v) is 8.26. The Bertz CT molecular complexity index is 806. The highest BCUT2D eigenvalue weighted by molar-refractivity contribution is 7.20. The van der Waals surface area contributed by atoms with Crippen molar-refractivity contribution in [1.82, 2.24) is 0 Å². The number of unbranched alkanes of at least 4 members (excludes halogenated alkanes) is 1. The Hall–Kier alpha value is -1.31. The van der Waals surface area contributed by atoms with Gasteiger partial charge in [0, 0.05) is 14.6 Å². The van der Waals surface area contributed by atoms with Crippen molar-refractivity contribution >= 4 is 39.1 Å². The molecular formula is C22H25ClS. The molecule has 2 heteroatoms. The number of hydrogen-bond donors (Lipinski definition) is 0. The van der Waals surface area contributed by atoms with E-state index >= 15 is 0 Å². The van der Waals surface area contributed by atoms with Crippen LogP contribution in [0.2, 0.25) is 0 Å². The summed E-state index contributed by atoms with van der Waals surface area (Å²) in [7, 11) is 0. The molecule has 24 heavy (non-hydrogen) atoms. The van der Waals surface area contributed by atoms with E-state index in [2.05, 4.69) is 50.8 Å².